The molecule has 0 bridgehead atoms. The molecule has 0 fully saturated rings. The third kappa shape index (κ3) is 4.94. The molecule has 2 aromatic rings. The third-order valence-corrected chi connectivity index (χ3v) is 5.05. The molecule has 1 aromatic carbocycles. The van der Waals surface area contributed by atoms with E-state index in [9.17, 15) is 0 Å². The van der Waals surface area contributed by atoms with Crippen molar-refractivity contribution in [3.63, 3.8) is 0 Å². The Kier molecular flexibility index (Phi) is 6.90. The van der Waals surface area contributed by atoms with E-state index in [2.05, 4.69) is 55.6 Å². The lowest BCUT2D eigenvalue weighted by atomic mass is 10.0. The molecule has 21 heavy (non-hydrogen) atoms. The largest absolute Gasteiger partial charge is 0.468 e. The number of hydrogen-bond donors (Lipinski definition) is 1. The fourth-order valence-electron chi connectivity index (χ4n) is 2.46. The Bertz CT molecular complexity index is 483. The predicted molar refractivity (Wildman–Crippen MR) is 91.6 cm³/mol. The van der Waals surface area contributed by atoms with Crippen LogP contribution in [0.15, 0.2) is 53.1 Å². The van der Waals surface area contributed by atoms with E-state index >= 15 is 0 Å². The van der Waals surface area contributed by atoms with Gasteiger partial charge in [-0.05, 0) is 37.1 Å². The topological polar surface area (TPSA) is 25.2 Å². The Labute approximate surface area is 132 Å². The molecule has 2 nitrogen and oxygen atoms in total. The molecule has 1 aromatic heterocycles. The van der Waals surface area contributed by atoms with E-state index in [-0.39, 0.29) is 0 Å². The Morgan fingerprint density at radius 2 is 1.90 bits per heavy atom. The molecule has 0 spiro atoms. The zero-order valence-corrected chi connectivity index (χ0v) is 13.7. The summed E-state index contributed by atoms with van der Waals surface area (Å²) in [7, 11) is 0. The average molecular weight is 303 g/mol. The molecule has 0 amide bonds. The van der Waals surface area contributed by atoms with E-state index in [0.29, 0.717) is 11.3 Å². The smallest absolute Gasteiger partial charge is 0.113 e. The lowest BCUT2D eigenvalue weighted by molar-refractivity contribution is 0.502. The summed E-state index contributed by atoms with van der Waals surface area (Å²) in [6.07, 6.45) is 4.05. The molecular weight excluding hydrogens is 278 g/mol. The van der Waals surface area contributed by atoms with Crippen molar-refractivity contribution in [2.45, 2.75) is 43.7 Å². The van der Waals surface area contributed by atoms with E-state index in [1.165, 1.54) is 5.56 Å². The molecule has 114 valence electrons. The van der Waals surface area contributed by atoms with Crippen molar-refractivity contribution < 1.29 is 4.42 Å². The van der Waals surface area contributed by atoms with E-state index in [0.717, 1.165) is 30.9 Å². The zero-order chi connectivity index (χ0) is 14.9. The number of furan rings is 1. The van der Waals surface area contributed by atoms with Gasteiger partial charge in [0.25, 0.3) is 0 Å². The first-order chi connectivity index (χ1) is 10.3. The van der Waals surface area contributed by atoms with Crippen molar-refractivity contribution >= 4 is 11.8 Å². The van der Waals surface area contributed by atoms with E-state index in [4.69, 9.17) is 4.42 Å². The lowest BCUT2D eigenvalue weighted by Gasteiger charge is -2.27. The molecule has 2 unspecified atom stereocenters. The van der Waals surface area contributed by atoms with Gasteiger partial charge in [-0.1, -0.05) is 44.2 Å². The van der Waals surface area contributed by atoms with Gasteiger partial charge in [-0.3, -0.25) is 0 Å². The second-order valence-electron chi connectivity index (χ2n) is 5.18. The SMILES string of the molecule is CCCNC(c1ccccc1)C(CC)SCc1ccco1. The Morgan fingerprint density at radius 1 is 1.10 bits per heavy atom. The summed E-state index contributed by atoms with van der Waals surface area (Å²) in [6, 6.07) is 15.2. The van der Waals surface area contributed by atoms with Gasteiger partial charge in [0.2, 0.25) is 0 Å². The normalized spacial score (nSPS) is 14.0. The number of thioether (sulfide) groups is 1. The first-order valence-electron chi connectivity index (χ1n) is 7.77. The van der Waals surface area contributed by atoms with Crippen molar-refractivity contribution in [2.75, 3.05) is 6.54 Å². The number of nitrogens with one attached hydrogen (secondary N) is 1. The predicted octanol–water partition coefficient (Wildman–Crippen LogP) is 5.03. The van der Waals surface area contributed by atoms with Crippen LogP contribution < -0.4 is 5.32 Å². The van der Waals surface area contributed by atoms with Crippen LogP contribution in [0.4, 0.5) is 0 Å². The number of benzene rings is 1. The van der Waals surface area contributed by atoms with Crippen LogP contribution in [0.25, 0.3) is 0 Å². The van der Waals surface area contributed by atoms with Crippen LogP contribution in [0, 0.1) is 0 Å². The van der Waals surface area contributed by atoms with Gasteiger partial charge in [0, 0.05) is 11.3 Å². The van der Waals surface area contributed by atoms with Gasteiger partial charge in [-0.15, -0.1) is 11.8 Å². The van der Waals surface area contributed by atoms with Gasteiger partial charge in [-0.25, -0.2) is 0 Å². The molecular formula is C18H25NOS. The van der Waals surface area contributed by atoms with Crippen LogP contribution in [-0.4, -0.2) is 11.8 Å². The molecule has 2 rings (SSSR count). The first kappa shape index (κ1) is 16.2. The lowest BCUT2D eigenvalue weighted by Crippen LogP contribution is -2.30. The molecule has 0 aliphatic heterocycles. The van der Waals surface area contributed by atoms with Crippen LogP contribution in [-0.2, 0) is 5.75 Å². The molecule has 2 atom stereocenters. The van der Waals surface area contributed by atoms with E-state index in [1.807, 2.05) is 17.8 Å². The maximum absolute atomic E-state index is 5.45. The minimum atomic E-state index is 0.399. The summed E-state index contributed by atoms with van der Waals surface area (Å²) in [6.45, 7) is 5.53. The van der Waals surface area contributed by atoms with E-state index in [1.54, 1.807) is 6.26 Å². The highest BCUT2D eigenvalue weighted by molar-refractivity contribution is 7.99. The Balaban J connectivity index is 2.05. The Morgan fingerprint density at radius 3 is 2.52 bits per heavy atom. The van der Waals surface area contributed by atoms with Gasteiger partial charge in [0.1, 0.15) is 5.76 Å². The minimum Gasteiger partial charge on any atom is -0.468 e. The highest BCUT2D eigenvalue weighted by atomic mass is 32.2. The molecule has 0 aliphatic rings. The van der Waals surface area contributed by atoms with Crippen molar-refractivity contribution in [1.82, 2.24) is 5.32 Å². The number of hydrogen-bond acceptors (Lipinski definition) is 3. The summed E-state index contributed by atoms with van der Waals surface area (Å²) in [5.41, 5.74) is 1.38. The molecule has 0 saturated carbocycles. The quantitative estimate of drug-likeness (QED) is 0.703. The van der Waals surface area contributed by atoms with Crippen molar-refractivity contribution in [3.05, 3.63) is 60.1 Å². The fourth-order valence-corrected chi connectivity index (χ4v) is 3.68. The minimum absolute atomic E-state index is 0.399. The Hall–Kier alpha value is -1.19. The van der Waals surface area contributed by atoms with E-state index < -0.39 is 0 Å². The molecule has 1 N–H and O–H groups in total. The standard InChI is InChI=1S/C18H25NOS/c1-3-12-19-18(15-9-6-5-7-10-15)17(4-2)21-14-16-11-8-13-20-16/h5-11,13,17-19H,3-4,12,14H2,1-2H3. The van der Waals surface area contributed by atoms with Crippen LogP contribution in [0.1, 0.15) is 44.1 Å². The molecule has 3 heteroatoms. The van der Waals surface area contributed by atoms with Crippen LogP contribution in [0.2, 0.25) is 0 Å². The van der Waals surface area contributed by atoms with Crippen molar-refractivity contribution in [2.24, 2.45) is 0 Å². The summed E-state index contributed by atoms with van der Waals surface area (Å²) in [4.78, 5) is 0. The summed E-state index contributed by atoms with van der Waals surface area (Å²) in [5, 5.41) is 4.26. The second kappa shape index (κ2) is 8.96. The maximum atomic E-state index is 5.45. The van der Waals surface area contributed by atoms with Gasteiger partial charge in [0.05, 0.1) is 12.0 Å². The summed E-state index contributed by atoms with van der Waals surface area (Å²) in [5.74, 6) is 1.99. The maximum Gasteiger partial charge on any atom is 0.113 e. The second-order valence-corrected chi connectivity index (χ2v) is 6.41. The van der Waals surface area contributed by atoms with Crippen molar-refractivity contribution in [3.8, 4) is 0 Å². The highest BCUT2D eigenvalue weighted by Gasteiger charge is 2.21. The number of rotatable bonds is 9. The van der Waals surface area contributed by atoms with Gasteiger partial charge in [0.15, 0.2) is 0 Å². The molecule has 0 aliphatic carbocycles. The van der Waals surface area contributed by atoms with Crippen LogP contribution in [0.3, 0.4) is 0 Å². The fraction of sp³-hybridized carbons (Fsp3) is 0.444. The van der Waals surface area contributed by atoms with Crippen LogP contribution in [0.5, 0.6) is 0 Å². The van der Waals surface area contributed by atoms with Gasteiger partial charge >= 0.3 is 0 Å². The third-order valence-electron chi connectivity index (χ3n) is 3.57. The average Bonchev–Trinajstić information content (AvgIpc) is 3.05. The highest BCUT2D eigenvalue weighted by Crippen LogP contribution is 2.31. The summed E-state index contributed by atoms with van der Waals surface area (Å²) < 4.78 is 5.45. The first-order valence-corrected chi connectivity index (χ1v) is 8.82. The monoisotopic (exact) mass is 303 g/mol. The summed E-state index contributed by atoms with van der Waals surface area (Å²) >= 11 is 1.98. The molecule has 1 heterocycles. The van der Waals surface area contributed by atoms with Gasteiger partial charge < -0.3 is 9.73 Å². The molecule has 0 saturated heterocycles. The zero-order valence-electron chi connectivity index (χ0n) is 12.9. The van der Waals surface area contributed by atoms with Crippen molar-refractivity contribution in [1.29, 1.82) is 0 Å². The van der Waals surface area contributed by atoms with Gasteiger partial charge in [-0.2, -0.15) is 0 Å². The van der Waals surface area contributed by atoms with Crippen LogP contribution >= 0.6 is 11.8 Å². The molecule has 0 radical (unpaired) electrons.